The molecular weight excluding hydrogens is 304 g/mol. The molecule has 0 bridgehead atoms. The highest BCUT2D eigenvalue weighted by Crippen LogP contribution is 2.25. The number of aliphatic imine (C=N–C) groups is 1. The molecule has 1 atom stereocenters. The summed E-state index contributed by atoms with van der Waals surface area (Å²) in [5, 5.41) is 3.49. The van der Waals surface area contributed by atoms with E-state index in [1.807, 2.05) is 32.3 Å². The molecule has 1 unspecified atom stereocenters. The molecule has 1 N–H and O–H groups in total. The van der Waals surface area contributed by atoms with Gasteiger partial charge >= 0.3 is 0 Å². The summed E-state index contributed by atoms with van der Waals surface area (Å²) in [5.41, 5.74) is 1.10. The van der Waals surface area contributed by atoms with Gasteiger partial charge < -0.3 is 24.6 Å². The number of nitrogens with one attached hydrogen (secondary N) is 1. The summed E-state index contributed by atoms with van der Waals surface area (Å²) in [4.78, 5) is 8.93. The van der Waals surface area contributed by atoms with Crippen molar-refractivity contribution in [3.8, 4) is 11.5 Å². The lowest BCUT2D eigenvalue weighted by molar-refractivity contribution is 0.306. The lowest BCUT2D eigenvalue weighted by atomic mass is 10.2. The Morgan fingerprint density at radius 1 is 1.38 bits per heavy atom. The van der Waals surface area contributed by atoms with E-state index in [0.717, 1.165) is 29.6 Å². The molecule has 1 heterocycles. The zero-order valence-corrected chi connectivity index (χ0v) is 15.5. The Labute approximate surface area is 145 Å². The molecule has 24 heavy (non-hydrogen) atoms. The molecule has 2 rings (SSSR count). The van der Waals surface area contributed by atoms with Gasteiger partial charge in [0.15, 0.2) is 5.96 Å². The number of nitrogens with zero attached hydrogens (tertiary/aromatic N) is 3. The van der Waals surface area contributed by atoms with Crippen LogP contribution in [0.1, 0.15) is 18.4 Å². The summed E-state index contributed by atoms with van der Waals surface area (Å²) in [7, 11) is 9.39. The van der Waals surface area contributed by atoms with Gasteiger partial charge in [-0.15, -0.1) is 0 Å². The normalized spacial score (nSPS) is 18.5. The van der Waals surface area contributed by atoms with E-state index in [2.05, 4.69) is 27.2 Å². The van der Waals surface area contributed by atoms with Crippen LogP contribution in [-0.2, 0) is 6.54 Å². The molecular formula is C18H30N4O2. The minimum absolute atomic E-state index is 0.589. The van der Waals surface area contributed by atoms with E-state index in [1.54, 1.807) is 14.2 Å². The predicted molar refractivity (Wildman–Crippen MR) is 98.0 cm³/mol. The first-order chi connectivity index (χ1) is 11.6. The second kappa shape index (κ2) is 8.78. The van der Waals surface area contributed by atoms with E-state index in [-0.39, 0.29) is 0 Å². The van der Waals surface area contributed by atoms with Gasteiger partial charge in [-0.3, -0.25) is 4.99 Å². The van der Waals surface area contributed by atoms with Crippen LogP contribution in [0.4, 0.5) is 0 Å². The van der Waals surface area contributed by atoms with Crippen LogP contribution in [0.15, 0.2) is 23.2 Å². The van der Waals surface area contributed by atoms with Gasteiger partial charge in [-0.05, 0) is 38.6 Å². The van der Waals surface area contributed by atoms with Crippen LogP contribution in [0, 0.1) is 0 Å². The number of ether oxygens (including phenoxy) is 2. The lowest BCUT2D eigenvalue weighted by Gasteiger charge is -2.26. The van der Waals surface area contributed by atoms with E-state index in [0.29, 0.717) is 12.6 Å². The van der Waals surface area contributed by atoms with Crippen LogP contribution in [0.3, 0.4) is 0 Å². The molecule has 6 nitrogen and oxygen atoms in total. The van der Waals surface area contributed by atoms with Crippen LogP contribution >= 0.6 is 0 Å². The molecule has 0 radical (unpaired) electrons. The van der Waals surface area contributed by atoms with Crippen molar-refractivity contribution in [3.63, 3.8) is 0 Å². The summed E-state index contributed by atoms with van der Waals surface area (Å²) in [6.45, 7) is 2.82. The molecule has 0 saturated carbocycles. The summed E-state index contributed by atoms with van der Waals surface area (Å²) < 4.78 is 10.7. The van der Waals surface area contributed by atoms with Crippen molar-refractivity contribution < 1.29 is 9.47 Å². The Bertz CT molecular complexity index is 562. The van der Waals surface area contributed by atoms with Crippen molar-refractivity contribution in [2.45, 2.75) is 25.4 Å². The van der Waals surface area contributed by atoms with E-state index in [4.69, 9.17) is 9.47 Å². The third-order valence-electron chi connectivity index (χ3n) is 4.64. The quantitative estimate of drug-likeness (QED) is 0.635. The zero-order valence-electron chi connectivity index (χ0n) is 15.5. The molecule has 1 aliphatic rings. The standard InChI is InChI=1S/C18H30N4O2/c1-19-18(20-12-15-7-6-10-21(15)2)22(3)13-14-8-9-16(23-4)11-17(14)24-5/h8-9,11,15H,6-7,10,12-13H2,1-5H3,(H,19,20). The van der Waals surface area contributed by atoms with Crippen LogP contribution in [0.2, 0.25) is 0 Å². The highest BCUT2D eigenvalue weighted by Gasteiger charge is 2.21. The van der Waals surface area contributed by atoms with Crippen LogP contribution in [-0.4, -0.2) is 70.3 Å². The third-order valence-corrected chi connectivity index (χ3v) is 4.64. The summed E-state index contributed by atoms with van der Waals surface area (Å²) in [6.07, 6.45) is 2.52. The fourth-order valence-corrected chi connectivity index (χ4v) is 3.14. The van der Waals surface area contributed by atoms with Crippen molar-refractivity contribution in [3.05, 3.63) is 23.8 Å². The molecule has 134 valence electrons. The minimum atomic E-state index is 0.589. The van der Waals surface area contributed by atoms with Gasteiger partial charge in [0.2, 0.25) is 0 Å². The number of benzene rings is 1. The smallest absolute Gasteiger partial charge is 0.193 e. The maximum absolute atomic E-state index is 5.48. The highest BCUT2D eigenvalue weighted by molar-refractivity contribution is 5.79. The lowest BCUT2D eigenvalue weighted by Crippen LogP contribution is -2.44. The van der Waals surface area contributed by atoms with Crippen molar-refractivity contribution in [2.75, 3.05) is 48.5 Å². The number of likely N-dealkylation sites (tertiary alicyclic amines) is 1. The van der Waals surface area contributed by atoms with Gasteiger partial charge in [0.05, 0.1) is 14.2 Å². The Kier molecular flexibility index (Phi) is 6.73. The third kappa shape index (κ3) is 4.54. The zero-order chi connectivity index (χ0) is 17.5. The molecule has 0 aromatic heterocycles. The molecule has 0 amide bonds. The van der Waals surface area contributed by atoms with E-state index < -0.39 is 0 Å². The van der Waals surface area contributed by atoms with Gasteiger partial charge in [0, 0.05) is 44.9 Å². The van der Waals surface area contributed by atoms with Gasteiger partial charge in [0.25, 0.3) is 0 Å². The summed E-state index contributed by atoms with van der Waals surface area (Å²) >= 11 is 0. The second-order valence-corrected chi connectivity index (χ2v) is 6.24. The molecule has 6 heteroatoms. The molecule has 1 aromatic carbocycles. The number of hydrogen-bond acceptors (Lipinski definition) is 4. The number of guanidine groups is 1. The maximum atomic E-state index is 5.48. The first-order valence-electron chi connectivity index (χ1n) is 8.42. The van der Waals surface area contributed by atoms with Crippen LogP contribution in [0.25, 0.3) is 0 Å². The van der Waals surface area contributed by atoms with E-state index in [1.165, 1.54) is 19.4 Å². The Hall–Kier alpha value is -1.95. The first kappa shape index (κ1) is 18.4. The maximum Gasteiger partial charge on any atom is 0.193 e. The molecule has 0 aliphatic carbocycles. The Balaban J connectivity index is 1.97. The predicted octanol–water partition coefficient (Wildman–Crippen LogP) is 1.81. The SMILES string of the molecule is CN=C(NCC1CCCN1C)N(C)Cc1ccc(OC)cc1OC. The molecule has 1 saturated heterocycles. The van der Waals surface area contributed by atoms with Gasteiger partial charge in [0.1, 0.15) is 11.5 Å². The van der Waals surface area contributed by atoms with Crippen LogP contribution < -0.4 is 14.8 Å². The van der Waals surface area contributed by atoms with Gasteiger partial charge in [-0.1, -0.05) is 0 Å². The fourth-order valence-electron chi connectivity index (χ4n) is 3.14. The second-order valence-electron chi connectivity index (χ2n) is 6.24. The largest absolute Gasteiger partial charge is 0.497 e. The number of rotatable bonds is 6. The molecule has 0 spiro atoms. The van der Waals surface area contributed by atoms with E-state index in [9.17, 15) is 0 Å². The average molecular weight is 334 g/mol. The first-order valence-corrected chi connectivity index (χ1v) is 8.42. The number of hydrogen-bond donors (Lipinski definition) is 1. The minimum Gasteiger partial charge on any atom is -0.497 e. The number of likely N-dealkylation sites (N-methyl/N-ethyl adjacent to an activating group) is 1. The van der Waals surface area contributed by atoms with Gasteiger partial charge in [-0.2, -0.15) is 0 Å². The Morgan fingerprint density at radius 2 is 2.17 bits per heavy atom. The van der Waals surface area contributed by atoms with E-state index >= 15 is 0 Å². The topological polar surface area (TPSA) is 49.3 Å². The fraction of sp³-hybridized carbons (Fsp3) is 0.611. The van der Waals surface area contributed by atoms with Crippen molar-refractivity contribution in [1.82, 2.24) is 15.1 Å². The summed E-state index contributed by atoms with van der Waals surface area (Å²) in [6, 6.07) is 6.49. The van der Waals surface area contributed by atoms with Crippen LogP contribution in [0.5, 0.6) is 11.5 Å². The average Bonchev–Trinajstić information content (AvgIpc) is 3.01. The van der Waals surface area contributed by atoms with Gasteiger partial charge in [-0.25, -0.2) is 0 Å². The molecule has 1 aliphatic heterocycles. The monoisotopic (exact) mass is 334 g/mol. The molecule has 1 aromatic rings. The molecule has 1 fully saturated rings. The summed E-state index contributed by atoms with van der Waals surface area (Å²) in [5.74, 6) is 2.52. The van der Waals surface area contributed by atoms with Crippen molar-refractivity contribution in [2.24, 2.45) is 4.99 Å². The number of methoxy groups -OCH3 is 2. The highest BCUT2D eigenvalue weighted by atomic mass is 16.5. The van der Waals surface area contributed by atoms with Crippen molar-refractivity contribution >= 4 is 5.96 Å². The Morgan fingerprint density at radius 3 is 2.75 bits per heavy atom. The van der Waals surface area contributed by atoms with Crippen molar-refractivity contribution in [1.29, 1.82) is 0 Å².